The van der Waals surface area contributed by atoms with Crippen LogP contribution in [-0.4, -0.2) is 51.5 Å². The Labute approximate surface area is 175 Å². The molecule has 1 saturated heterocycles. The normalized spacial score (nSPS) is 16.0. The van der Waals surface area contributed by atoms with Gasteiger partial charge in [0.1, 0.15) is 25.1 Å². The Kier molecular flexibility index (Phi) is 6.59. The van der Waals surface area contributed by atoms with Gasteiger partial charge >= 0.3 is 6.18 Å². The molecule has 1 aliphatic rings. The summed E-state index contributed by atoms with van der Waals surface area (Å²) in [5.74, 6) is -0.0287. The fraction of sp³-hybridized carbons (Fsp3) is 0.474. The molecule has 0 saturated carbocycles. The van der Waals surface area contributed by atoms with Crippen molar-refractivity contribution in [3.05, 3.63) is 46.2 Å². The molecule has 0 N–H and O–H groups in total. The molecule has 162 valence electrons. The van der Waals surface area contributed by atoms with E-state index >= 15 is 0 Å². The van der Waals surface area contributed by atoms with Gasteiger partial charge in [0.05, 0.1) is 5.01 Å². The summed E-state index contributed by atoms with van der Waals surface area (Å²) in [5.41, 5.74) is 0.569. The Morgan fingerprint density at radius 3 is 2.70 bits per heavy atom. The number of likely N-dealkylation sites (tertiary alicyclic amines) is 1. The number of aryl methyl sites for hydroxylation is 1. The highest BCUT2D eigenvalue weighted by molar-refractivity contribution is 7.10. The van der Waals surface area contributed by atoms with Crippen molar-refractivity contribution in [2.45, 2.75) is 38.4 Å². The molecule has 1 fully saturated rings. The number of carbonyl (C=O) groups is 1. The average molecular weight is 441 g/mol. The van der Waals surface area contributed by atoms with Crippen molar-refractivity contribution in [2.75, 3.05) is 20.2 Å². The van der Waals surface area contributed by atoms with Crippen LogP contribution in [-0.2, 0) is 22.4 Å². The summed E-state index contributed by atoms with van der Waals surface area (Å²) < 4.78 is 39.5. The highest BCUT2D eigenvalue weighted by Gasteiger charge is 2.35. The van der Waals surface area contributed by atoms with Crippen LogP contribution in [0.5, 0.6) is 0 Å². The number of allylic oxidation sites excluding steroid dienone is 1. The monoisotopic (exact) mass is 441 g/mol. The number of piperidine rings is 1. The molecule has 2 aromatic rings. The van der Waals surface area contributed by atoms with Gasteiger partial charge < -0.3 is 9.74 Å². The second-order valence-corrected chi connectivity index (χ2v) is 7.81. The minimum atomic E-state index is -4.52. The van der Waals surface area contributed by atoms with E-state index in [2.05, 4.69) is 21.8 Å². The first kappa shape index (κ1) is 22.0. The summed E-state index contributed by atoms with van der Waals surface area (Å²) in [6, 6.07) is 0.948. The summed E-state index contributed by atoms with van der Waals surface area (Å²) in [4.78, 5) is 23.6. The number of alkyl halides is 3. The average Bonchev–Trinajstić information content (AvgIpc) is 3.33. The number of halogens is 3. The SMILES string of the molecule is C=CC(=NOC)c1csc(C2CCN(C(=O)Cn3nc(C(F)(F)F)cc3C)CC2)n1. The highest BCUT2D eigenvalue weighted by Crippen LogP contribution is 2.31. The number of rotatable bonds is 6. The van der Waals surface area contributed by atoms with Crippen molar-refractivity contribution in [2.24, 2.45) is 5.16 Å². The van der Waals surface area contributed by atoms with Crippen molar-refractivity contribution < 1.29 is 22.8 Å². The van der Waals surface area contributed by atoms with Gasteiger partial charge in [-0.05, 0) is 31.9 Å². The van der Waals surface area contributed by atoms with Crippen LogP contribution in [0.25, 0.3) is 0 Å². The number of amides is 1. The lowest BCUT2D eigenvalue weighted by Crippen LogP contribution is -2.40. The van der Waals surface area contributed by atoms with Crippen molar-refractivity contribution in [3.63, 3.8) is 0 Å². The number of oxime groups is 1. The molecular formula is C19H22F3N5O2S. The maximum absolute atomic E-state index is 12.8. The molecule has 3 rings (SSSR count). The highest BCUT2D eigenvalue weighted by atomic mass is 32.1. The Balaban J connectivity index is 1.59. The largest absolute Gasteiger partial charge is 0.435 e. The fourth-order valence-electron chi connectivity index (χ4n) is 3.29. The molecule has 30 heavy (non-hydrogen) atoms. The summed E-state index contributed by atoms with van der Waals surface area (Å²) >= 11 is 1.53. The molecule has 11 heteroatoms. The first-order chi connectivity index (χ1) is 14.2. The number of hydrogen-bond donors (Lipinski definition) is 0. The number of nitrogens with zero attached hydrogens (tertiary/aromatic N) is 5. The second-order valence-electron chi connectivity index (χ2n) is 6.92. The molecule has 1 aliphatic heterocycles. The minimum Gasteiger partial charge on any atom is -0.399 e. The van der Waals surface area contributed by atoms with Crippen LogP contribution in [0.1, 0.15) is 40.8 Å². The maximum atomic E-state index is 12.8. The van der Waals surface area contributed by atoms with E-state index in [0.717, 1.165) is 28.6 Å². The third kappa shape index (κ3) is 4.89. The quantitative estimate of drug-likeness (QED) is 0.507. The molecule has 1 amide bonds. The van der Waals surface area contributed by atoms with E-state index in [1.165, 1.54) is 25.4 Å². The van der Waals surface area contributed by atoms with E-state index in [1.54, 1.807) is 11.0 Å². The first-order valence-electron chi connectivity index (χ1n) is 9.31. The minimum absolute atomic E-state index is 0.204. The molecular weight excluding hydrogens is 419 g/mol. The van der Waals surface area contributed by atoms with Crippen LogP contribution >= 0.6 is 11.3 Å². The Hall–Kier alpha value is -2.69. The summed E-state index contributed by atoms with van der Waals surface area (Å²) in [6.45, 7) is 6.04. The summed E-state index contributed by atoms with van der Waals surface area (Å²) in [6.07, 6.45) is -1.49. The van der Waals surface area contributed by atoms with E-state index < -0.39 is 11.9 Å². The molecule has 0 aliphatic carbocycles. The standard InChI is InChI=1S/C19H22F3N5O2S/c1-4-14(25-29-3)15-11-30-18(23-15)13-5-7-26(8-6-13)17(28)10-27-12(2)9-16(24-27)19(20,21)22/h4,9,11,13H,1,5-8,10H2,2-3H3. The lowest BCUT2D eigenvalue weighted by atomic mass is 9.97. The zero-order valence-electron chi connectivity index (χ0n) is 16.6. The molecule has 0 bridgehead atoms. The Morgan fingerprint density at radius 2 is 2.13 bits per heavy atom. The van der Waals surface area contributed by atoms with E-state index in [1.807, 2.05) is 5.38 Å². The van der Waals surface area contributed by atoms with Crippen LogP contribution in [0.4, 0.5) is 13.2 Å². The predicted molar refractivity (Wildman–Crippen MR) is 106 cm³/mol. The molecule has 3 heterocycles. The topological polar surface area (TPSA) is 72.6 Å². The maximum Gasteiger partial charge on any atom is 0.435 e. The summed E-state index contributed by atoms with van der Waals surface area (Å²) in [5, 5.41) is 10.3. The van der Waals surface area contributed by atoms with Crippen molar-refractivity contribution >= 4 is 23.0 Å². The third-order valence-electron chi connectivity index (χ3n) is 4.92. The molecule has 0 aromatic carbocycles. The smallest absolute Gasteiger partial charge is 0.399 e. The van der Waals surface area contributed by atoms with Gasteiger partial charge in [-0.3, -0.25) is 9.48 Å². The van der Waals surface area contributed by atoms with Crippen molar-refractivity contribution in [3.8, 4) is 0 Å². The van der Waals surface area contributed by atoms with Crippen LogP contribution < -0.4 is 0 Å². The summed E-state index contributed by atoms with van der Waals surface area (Å²) in [7, 11) is 1.46. The van der Waals surface area contributed by atoms with E-state index in [-0.39, 0.29) is 18.4 Å². The van der Waals surface area contributed by atoms with Gasteiger partial charge in [-0.1, -0.05) is 11.7 Å². The lowest BCUT2D eigenvalue weighted by molar-refractivity contribution is -0.142. The predicted octanol–water partition coefficient (Wildman–Crippen LogP) is 3.61. The molecule has 7 nitrogen and oxygen atoms in total. The number of thiazole rings is 1. The van der Waals surface area contributed by atoms with Gasteiger partial charge in [0, 0.05) is 30.1 Å². The van der Waals surface area contributed by atoms with Gasteiger partial charge in [-0.25, -0.2) is 4.98 Å². The van der Waals surface area contributed by atoms with Gasteiger partial charge in [0.25, 0.3) is 0 Å². The van der Waals surface area contributed by atoms with Gasteiger partial charge in [-0.15, -0.1) is 11.3 Å². The zero-order valence-corrected chi connectivity index (χ0v) is 17.5. The number of hydrogen-bond acceptors (Lipinski definition) is 6. The Morgan fingerprint density at radius 1 is 1.43 bits per heavy atom. The van der Waals surface area contributed by atoms with Crippen LogP contribution in [0.3, 0.4) is 0 Å². The molecule has 0 spiro atoms. The number of carbonyl (C=O) groups excluding carboxylic acids is 1. The van der Waals surface area contributed by atoms with Gasteiger partial charge in [-0.2, -0.15) is 18.3 Å². The van der Waals surface area contributed by atoms with E-state index in [0.29, 0.717) is 30.2 Å². The lowest BCUT2D eigenvalue weighted by Gasteiger charge is -2.31. The van der Waals surface area contributed by atoms with Crippen molar-refractivity contribution in [1.29, 1.82) is 0 Å². The van der Waals surface area contributed by atoms with Crippen LogP contribution in [0.15, 0.2) is 29.3 Å². The first-order valence-corrected chi connectivity index (χ1v) is 10.2. The van der Waals surface area contributed by atoms with Gasteiger partial charge in [0.15, 0.2) is 5.69 Å². The van der Waals surface area contributed by atoms with E-state index in [9.17, 15) is 18.0 Å². The second kappa shape index (κ2) is 8.99. The number of aromatic nitrogens is 3. The molecule has 0 radical (unpaired) electrons. The van der Waals surface area contributed by atoms with Crippen LogP contribution in [0, 0.1) is 6.92 Å². The molecule has 2 aromatic heterocycles. The fourth-order valence-corrected chi connectivity index (χ4v) is 4.28. The van der Waals surface area contributed by atoms with Gasteiger partial charge in [0.2, 0.25) is 5.91 Å². The zero-order chi connectivity index (χ0) is 21.9. The molecule has 0 atom stereocenters. The van der Waals surface area contributed by atoms with Crippen molar-refractivity contribution in [1.82, 2.24) is 19.7 Å². The Bertz CT molecular complexity index is 942. The molecule has 0 unspecified atom stereocenters. The van der Waals surface area contributed by atoms with E-state index in [4.69, 9.17) is 4.84 Å². The van der Waals surface area contributed by atoms with Crippen LogP contribution in [0.2, 0.25) is 0 Å². The third-order valence-corrected chi connectivity index (χ3v) is 5.93.